The van der Waals surface area contributed by atoms with Crippen molar-refractivity contribution in [2.75, 3.05) is 67.0 Å². The molecule has 9 fully saturated rings. The Morgan fingerprint density at radius 3 is 1.71 bits per heavy atom. The van der Waals surface area contributed by atoms with Crippen molar-refractivity contribution in [3.8, 4) is 0 Å². The molecule has 13 aliphatic rings. The lowest BCUT2D eigenvalue weighted by Gasteiger charge is -2.49. The van der Waals surface area contributed by atoms with Crippen LogP contribution in [0.5, 0.6) is 0 Å². The van der Waals surface area contributed by atoms with Gasteiger partial charge in [0.25, 0.3) is 11.8 Å². The number of hydrogen-bond acceptors (Lipinski definition) is 14. The number of rotatable bonds is 13. The van der Waals surface area contributed by atoms with E-state index in [-0.39, 0.29) is 72.7 Å². The van der Waals surface area contributed by atoms with Crippen LogP contribution < -0.4 is 5.32 Å². The van der Waals surface area contributed by atoms with E-state index in [1.807, 2.05) is 0 Å². The predicted molar refractivity (Wildman–Crippen MR) is 326 cm³/mol. The molecule has 13 rings (SSSR count). The monoisotopic (exact) mass is 1200 g/mol. The Hall–Kier alpha value is -3.32. The molecule has 3 amide bonds. The lowest BCUT2D eigenvalue weighted by Crippen LogP contribution is -2.54. The fourth-order valence-corrected chi connectivity index (χ4v) is 20.4. The zero-order valence-corrected chi connectivity index (χ0v) is 54.0. The van der Waals surface area contributed by atoms with Crippen LogP contribution >= 0.6 is 0 Å². The molecular formula is C70H107N3O13. The molecule has 20 atom stereocenters. The summed E-state index contributed by atoms with van der Waals surface area (Å²) in [6.45, 7) is 23.8. The normalized spacial score (nSPS) is 42.7. The van der Waals surface area contributed by atoms with Crippen molar-refractivity contribution < 1.29 is 62.6 Å². The average molecular weight is 1200 g/mol. The van der Waals surface area contributed by atoms with Gasteiger partial charge < -0.3 is 53.7 Å². The van der Waals surface area contributed by atoms with E-state index in [0.29, 0.717) is 91.7 Å². The number of hydroxylamine groups is 2. The molecule has 16 nitrogen and oxygen atoms in total. The maximum absolute atomic E-state index is 13.5. The molecule has 5 heterocycles. The number of aliphatic hydroxyl groups excluding tert-OH is 2. The van der Waals surface area contributed by atoms with Gasteiger partial charge in [-0.2, -0.15) is 0 Å². The van der Waals surface area contributed by atoms with Crippen molar-refractivity contribution in [3.05, 3.63) is 45.6 Å². The van der Waals surface area contributed by atoms with Crippen LogP contribution in [-0.4, -0.2) is 159 Å². The van der Waals surface area contributed by atoms with Crippen LogP contribution in [0.25, 0.3) is 0 Å². The zero-order valence-electron chi connectivity index (χ0n) is 54.0. The lowest BCUT2D eigenvalue weighted by molar-refractivity contribution is -0.198. The molecule has 0 aromatic rings. The summed E-state index contributed by atoms with van der Waals surface area (Å²) in [5, 5.41) is 25.0. The third kappa shape index (κ3) is 11.8. The Morgan fingerprint density at radius 2 is 1.16 bits per heavy atom. The summed E-state index contributed by atoms with van der Waals surface area (Å²) in [6.07, 6.45) is 23.8. The summed E-state index contributed by atoms with van der Waals surface area (Å²) < 4.78 is 34.7. The molecule has 16 heteroatoms. The number of fused-ring (bicyclic) bond motifs is 12. The number of carbonyl (C=O) groups excluding carboxylic acids is 4. The second kappa shape index (κ2) is 26.1. The Labute approximate surface area is 513 Å². The number of aliphatic hydroxyl groups is 2. The molecule has 86 heavy (non-hydrogen) atoms. The number of methoxy groups -OCH3 is 2. The van der Waals surface area contributed by atoms with Crippen molar-refractivity contribution in [2.24, 2.45) is 70.0 Å². The number of likely N-dealkylation sites (tertiary alicyclic amines) is 1. The zero-order chi connectivity index (χ0) is 61.0. The fraction of sp³-hybridized carbons (Fsp3) is 0.829. The van der Waals surface area contributed by atoms with Gasteiger partial charge in [0, 0.05) is 51.5 Å². The van der Waals surface area contributed by atoms with Crippen LogP contribution in [0, 0.1) is 70.0 Å². The number of ether oxygens (including phenoxy) is 6. The van der Waals surface area contributed by atoms with Gasteiger partial charge in [0.2, 0.25) is 5.91 Å². The maximum atomic E-state index is 13.5. The number of allylic oxidation sites excluding steroid dienone is 4. The molecule has 3 N–H and O–H groups in total. The van der Waals surface area contributed by atoms with E-state index >= 15 is 0 Å². The van der Waals surface area contributed by atoms with E-state index in [4.69, 9.17) is 28.4 Å². The van der Waals surface area contributed by atoms with Crippen LogP contribution in [-0.2, 0) is 52.4 Å². The highest BCUT2D eigenvalue weighted by atomic mass is 16.7. The second-order valence-electron chi connectivity index (χ2n) is 29.7. The molecular weight excluding hydrogens is 1090 g/mol. The Morgan fingerprint density at radius 1 is 0.651 bits per heavy atom. The molecule has 2 spiro atoms. The SMILES string of the molecule is CC1=C2C[C@H]3[C@@H](CC=C4C[C@@H](O)CC[C@@]43C)[C@@H]2CC[C@]12O[C@@H]1C[C@H](C)CN[C@H]1[C@H]2C.COCCOCCC(=O)N1C[C@@H](C)C[C@H]2O[C@]3(CC[C@@H]4C(=C3C)C[C@H]3[C@H]4CC=C4C[C@@H](O)CC[C@@]43C)[C@H](C)[C@@H]21.COCCOCCC(=O)ON1C(=O)CCC1=O. The summed E-state index contributed by atoms with van der Waals surface area (Å²) in [6, 6.07) is 0.677. The number of nitrogens with one attached hydrogen (secondary N) is 1. The predicted octanol–water partition coefficient (Wildman–Crippen LogP) is 9.94. The number of imide groups is 1. The Kier molecular flexibility index (Phi) is 19.5. The number of carbonyl (C=O) groups is 4. The molecule has 0 unspecified atom stereocenters. The third-order valence-electron chi connectivity index (χ3n) is 25.2. The molecule has 5 saturated heterocycles. The van der Waals surface area contributed by atoms with E-state index in [1.54, 1.807) is 36.5 Å². The molecule has 0 aromatic carbocycles. The molecule has 480 valence electrons. The van der Waals surface area contributed by atoms with Gasteiger partial charge in [0.05, 0.1) is 94.1 Å². The Balaban J connectivity index is 0.000000145. The maximum Gasteiger partial charge on any atom is 0.335 e. The van der Waals surface area contributed by atoms with Gasteiger partial charge in [-0.25, -0.2) is 4.79 Å². The van der Waals surface area contributed by atoms with E-state index in [1.165, 1.54) is 68.9 Å². The largest absolute Gasteiger partial charge is 0.393 e. The molecule has 0 radical (unpaired) electrons. The average Bonchev–Trinajstić information content (AvgIpc) is 1.79. The van der Waals surface area contributed by atoms with E-state index in [9.17, 15) is 29.4 Å². The van der Waals surface area contributed by atoms with Crippen molar-refractivity contribution in [3.63, 3.8) is 0 Å². The first-order valence-corrected chi connectivity index (χ1v) is 33.9. The molecule has 0 aromatic heterocycles. The minimum absolute atomic E-state index is 0.0131. The highest BCUT2D eigenvalue weighted by Gasteiger charge is 2.64. The minimum Gasteiger partial charge on any atom is -0.393 e. The van der Waals surface area contributed by atoms with E-state index < -0.39 is 17.8 Å². The minimum atomic E-state index is -0.661. The molecule has 5 aliphatic heterocycles. The number of piperidine rings is 2. The van der Waals surface area contributed by atoms with E-state index in [2.05, 4.69) is 82.6 Å². The first kappa shape index (κ1) is 64.2. The summed E-state index contributed by atoms with van der Waals surface area (Å²) in [7, 11) is 3.21. The number of nitrogens with zero attached hydrogens (tertiary/aromatic N) is 2. The van der Waals surface area contributed by atoms with Crippen molar-refractivity contribution in [1.82, 2.24) is 15.3 Å². The molecule has 8 aliphatic carbocycles. The summed E-state index contributed by atoms with van der Waals surface area (Å²) in [5.74, 6) is 5.04. The second-order valence-corrected chi connectivity index (χ2v) is 29.7. The standard InChI is InChI=1S/C33H51NO5.C27H41NO2.C10H15NO6/c1-20-16-29-31(34(19-20)30(36)10-13-38-15-14-37-5)22(3)33(39-29)12-9-25-26-7-6-23-17-24(35)8-11-32(23,4)28(26)18-27(25)21(33)2;1-15-11-24-25(28-14-15)17(3)27(30-24)10-8-20-21-6-5-18-12-19(29)7-9-26(18,4)23(21)13-22(20)16(27)2;1-15-6-7-16-5-4-10(14)17-11-8(12)2-3-9(11)13/h6,20,22,24-26,28-29,31,35H,7-19H2,1-5H3;5,15,17,19-21,23-25,28-29H,6-14H2,1-4H3;2-7H2,1H3/t20-,22+,24-,25-,26-,28-,29+,31-,32-,33-;15-,17+,19-,20-,21-,23-,24+,25-,26-,27-;/m00./s1. The Bertz CT molecular complexity index is 2640. The lowest BCUT2D eigenvalue weighted by atomic mass is 9.56. The van der Waals surface area contributed by atoms with Crippen LogP contribution in [0.3, 0.4) is 0 Å². The summed E-state index contributed by atoms with van der Waals surface area (Å²) in [5.41, 5.74) is 9.96. The summed E-state index contributed by atoms with van der Waals surface area (Å²) in [4.78, 5) is 53.8. The van der Waals surface area contributed by atoms with Gasteiger partial charge in [0.1, 0.15) is 0 Å². The topological polar surface area (TPSA) is 192 Å². The highest BCUT2D eigenvalue weighted by molar-refractivity contribution is 6.01. The molecule has 4 saturated carbocycles. The van der Waals surface area contributed by atoms with Crippen molar-refractivity contribution >= 4 is 23.7 Å². The first-order chi connectivity index (χ1) is 41.2. The third-order valence-corrected chi connectivity index (χ3v) is 25.2. The van der Waals surface area contributed by atoms with Gasteiger partial charge in [0.15, 0.2) is 0 Å². The first-order valence-electron chi connectivity index (χ1n) is 33.9. The highest BCUT2D eigenvalue weighted by Crippen LogP contribution is 2.67. The van der Waals surface area contributed by atoms with Crippen molar-refractivity contribution in [1.29, 1.82) is 0 Å². The van der Waals surface area contributed by atoms with Gasteiger partial charge in [-0.1, -0.05) is 76.0 Å². The van der Waals surface area contributed by atoms with Crippen LogP contribution in [0.2, 0.25) is 0 Å². The van der Waals surface area contributed by atoms with Gasteiger partial charge in [-0.15, -0.1) is 5.06 Å². The van der Waals surface area contributed by atoms with Crippen molar-refractivity contribution in [2.45, 2.75) is 232 Å². The van der Waals surface area contributed by atoms with Crippen LogP contribution in [0.15, 0.2) is 45.6 Å². The van der Waals surface area contributed by atoms with Crippen LogP contribution in [0.4, 0.5) is 0 Å². The quantitative estimate of drug-likeness (QED) is 0.0897. The van der Waals surface area contributed by atoms with Crippen LogP contribution in [0.1, 0.15) is 184 Å². The molecule has 0 bridgehead atoms. The number of amides is 3. The van der Waals surface area contributed by atoms with Gasteiger partial charge in [-0.3, -0.25) is 14.4 Å². The summed E-state index contributed by atoms with van der Waals surface area (Å²) >= 11 is 0. The fourth-order valence-electron chi connectivity index (χ4n) is 20.4. The van der Waals surface area contributed by atoms with Gasteiger partial charge in [-0.05, 0) is 192 Å². The number of hydrogen-bond donors (Lipinski definition) is 3. The smallest absolute Gasteiger partial charge is 0.335 e. The van der Waals surface area contributed by atoms with E-state index in [0.717, 1.165) is 87.6 Å². The van der Waals surface area contributed by atoms with Gasteiger partial charge >= 0.3 is 5.97 Å².